The van der Waals surface area contributed by atoms with Gasteiger partial charge in [0.15, 0.2) is 5.96 Å². The molecule has 0 amide bonds. The minimum atomic E-state index is -0.216. The molecule has 0 atom stereocenters. The molecule has 2 N–H and O–H groups in total. The molecule has 0 unspecified atom stereocenters. The summed E-state index contributed by atoms with van der Waals surface area (Å²) in [6.45, 7) is 10.4. The van der Waals surface area contributed by atoms with Crippen LogP contribution >= 0.6 is 35.3 Å². The summed E-state index contributed by atoms with van der Waals surface area (Å²) in [5.74, 6) is 0.795. The van der Waals surface area contributed by atoms with Gasteiger partial charge in [0, 0.05) is 25.6 Å². The van der Waals surface area contributed by atoms with Crippen LogP contribution in [-0.4, -0.2) is 36.7 Å². The molecule has 0 radical (unpaired) electrons. The quantitative estimate of drug-likeness (QED) is 0.400. The van der Waals surface area contributed by atoms with Crippen LogP contribution in [0.4, 0.5) is 0 Å². The fourth-order valence-electron chi connectivity index (χ4n) is 1.45. The molecule has 0 aliphatic rings. The zero-order valence-corrected chi connectivity index (χ0v) is 16.7. The number of hydrogen-bond acceptors (Lipinski definition) is 4. The molecule has 0 aromatic carbocycles. The molecule has 1 rings (SSSR count). The summed E-state index contributed by atoms with van der Waals surface area (Å²) in [6.07, 6.45) is 0.981. The van der Waals surface area contributed by atoms with E-state index in [1.54, 1.807) is 18.4 Å². The lowest BCUT2D eigenvalue weighted by Crippen LogP contribution is -2.45. The zero-order chi connectivity index (χ0) is 15.0. The third-order valence-electron chi connectivity index (χ3n) is 2.88. The van der Waals surface area contributed by atoms with Crippen LogP contribution in [0.25, 0.3) is 0 Å². The molecular weight excluding hydrogens is 399 g/mol. The van der Waals surface area contributed by atoms with Crippen molar-refractivity contribution in [3.63, 3.8) is 0 Å². The molecule has 7 heteroatoms. The van der Waals surface area contributed by atoms with E-state index < -0.39 is 0 Å². The van der Waals surface area contributed by atoms with Crippen molar-refractivity contribution in [3.8, 4) is 0 Å². The molecule has 0 saturated carbocycles. The number of guanidine groups is 1. The number of nitrogens with zero attached hydrogens (tertiary/aromatic N) is 2. The first-order valence-electron chi connectivity index (χ1n) is 7.01. The molecular formula is C14H27IN4OS. The summed E-state index contributed by atoms with van der Waals surface area (Å²) in [7, 11) is 1.72. The normalized spacial score (nSPS) is 12.0. The van der Waals surface area contributed by atoms with Crippen molar-refractivity contribution in [2.24, 2.45) is 4.99 Å². The fraction of sp³-hybridized carbons (Fsp3) is 0.714. The highest BCUT2D eigenvalue weighted by Crippen LogP contribution is 2.11. The average molecular weight is 426 g/mol. The highest BCUT2D eigenvalue weighted by Gasteiger charge is 2.16. The number of ether oxygens (including phenoxy) is 1. The fourth-order valence-corrected chi connectivity index (χ4v) is 2.19. The van der Waals surface area contributed by atoms with Crippen LogP contribution in [0.3, 0.4) is 0 Å². The highest BCUT2D eigenvalue weighted by atomic mass is 127. The Morgan fingerprint density at radius 3 is 2.62 bits per heavy atom. The van der Waals surface area contributed by atoms with E-state index in [9.17, 15) is 0 Å². The van der Waals surface area contributed by atoms with Crippen LogP contribution in [0.15, 0.2) is 10.4 Å². The summed E-state index contributed by atoms with van der Waals surface area (Å²) < 4.78 is 5.39. The maximum Gasteiger partial charge on any atom is 0.191 e. The topological polar surface area (TPSA) is 58.5 Å². The summed E-state index contributed by atoms with van der Waals surface area (Å²) in [6, 6.07) is 0. The largest absolute Gasteiger partial charge is 0.377 e. The summed E-state index contributed by atoms with van der Waals surface area (Å²) in [5.41, 5.74) is 0.807. The third-order valence-corrected chi connectivity index (χ3v) is 3.92. The highest BCUT2D eigenvalue weighted by molar-refractivity contribution is 14.0. The van der Waals surface area contributed by atoms with Crippen LogP contribution in [0.2, 0.25) is 0 Å². The number of hydrogen-bond donors (Lipinski definition) is 2. The Kier molecular flexibility index (Phi) is 10.1. The molecule has 5 nitrogen and oxygen atoms in total. The number of halogens is 1. The van der Waals surface area contributed by atoms with Gasteiger partial charge in [0.2, 0.25) is 0 Å². The second-order valence-corrected chi connectivity index (χ2v) is 6.04. The minimum absolute atomic E-state index is 0. The van der Waals surface area contributed by atoms with E-state index in [0.717, 1.165) is 29.6 Å². The molecule has 1 heterocycles. The van der Waals surface area contributed by atoms with E-state index in [-0.39, 0.29) is 29.6 Å². The molecule has 0 spiro atoms. The van der Waals surface area contributed by atoms with Crippen molar-refractivity contribution >= 4 is 41.3 Å². The smallest absolute Gasteiger partial charge is 0.191 e. The van der Waals surface area contributed by atoms with Gasteiger partial charge in [0.1, 0.15) is 0 Å². The van der Waals surface area contributed by atoms with Gasteiger partial charge >= 0.3 is 0 Å². The standard InChI is InChI=1S/C14H26N4OS.HI/c1-6-12-18-11(9-20-12)8-16-13(15-7-2)17-10-14(3,4)19-5;/h9H,6-8,10H2,1-5H3,(H2,15,16,17);1H. The van der Waals surface area contributed by atoms with Gasteiger partial charge in [-0.2, -0.15) is 0 Å². The number of rotatable bonds is 7. The Labute approximate surface area is 149 Å². The maximum atomic E-state index is 5.39. The van der Waals surface area contributed by atoms with Crippen LogP contribution < -0.4 is 10.6 Å². The van der Waals surface area contributed by atoms with E-state index in [2.05, 4.69) is 39.8 Å². The second kappa shape index (κ2) is 10.3. The third kappa shape index (κ3) is 7.96. The zero-order valence-electron chi connectivity index (χ0n) is 13.5. The molecule has 1 aromatic heterocycles. The lowest BCUT2D eigenvalue weighted by molar-refractivity contribution is 0.0268. The van der Waals surface area contributed by atoms with Crippen molar-refractivity contribution in [2.75, 3.05) is 20.2 Å². The first-order valence-corrected chi connectivity index (χ1v) is 7.89. The van der Waals surface area contributed by atoms with Crippen molar-refractivity contribution in [1.29, 1.82) is 0 Å². The van der Waals surface area contributed by atoms with Crippen LogP contribution in [-0.2, 0) is 17.7 Å². The molecule has 0 fully saturated rings. The number of methoxy groups -OCH3 is 1. The van der Waals surface area contributed by atoms with Gasteiger partial charge in [-0.25, -0.2) is 9.98 Å². The van der Waals surface area contributed by atoms with Gasteiger partial charge < -0.3 is 15.4 Å². The lowest BCUT2D eigenvalue weighted by Gasteiger charge is -2.24. The van der Waals surface area contributed by atoms with E-state index in [1.807, 2.05) is 13.8 Å². The van der Waals surface area contributed by atoms with Gasteiger partial charge in [-0.1, -0.05) is 6.92 Å². The predicted molar refractivity (Wildman–Crippen MR) is 101 cm³/mol. The molecule has 0 aliphatic heterocycles. The minimum Gasteiger partial charge on any atom is -0.377 e. The monoisotopic (exact) mass is 426 g/mol. The van der Waals surface area contributed by atoms with Gasteiger partial charge in [-0.05, 0) is 27.2 Å². The second-order valence-electron chi connectivity index (χ2n) is 5.10. The molecule has 0 aliphatic carbocycles. The maximum absolute atomic E-state index is 5.39. The number of thiazole rings is 1. The van der Waals surface area contributed by atoms with Crippen LogP contribution in [0, 0.1) is 0 Å². The van der Waals surface area contributed by atoms with E-state index in [1.165, 1.54) is 0 Å². The average Bonchev–Trinajstić information content (AvgIpc) is 2.90. The molecule has 0 bridgehead atoms. The molecule has 122 valence electrons. The Bertz CT molecular complexity index is 434. The predicted octanol–water partition coefficient (Wildman–Crippen LogP) is 2.80. The summed E-state index contributed by atoms with van der Waals surface area (Å²) in [4.78, 5) is 9.07. The van der Waals surface area contributed by atoms with Crippen LogP contribution in [0.5, 0.6) is 0 Å². The van der Waals surface area contributed by atoms with Crippen LogP contribution in [0.1, 0.15) is 38.4 Å². The number of aliphatic imine (C=N–C) groups is 1. The number of aromatic nitrogens is 1. The number of nitrogens with one attached hydrogen (secondary N) is 2. The molecule has 1 aromatic rings. The Balaban J connectivity index is 0.00000400. The Morgan fingerprint density at radius 2 is 2.10 bits per heavy atom. The first-order chi connectivity index (χ1) is 9.50. The van der Waals surface area contributed by atoms with Gasteiger partial charge in [0.05, 0.1) is 22.8 Å². The summed E-state index contributed by atoms with van der Waals surface area (Å²) >= 11 is 1.69. The van der Waals surface area contributed by atoms with Gasteiger partial charge in [0.25, 0.3) is 0 Å². The molecule has 21 heavy (non-hydrogen) atoms. The lowest BCUT2D eigenvalue weighted by atomic mass is 10.1. The summed E-state index contributed by atoms with van der Waals surface area (Å²) in [5, 5.41) is 9.76. The Morgan fingerprint density at radius 1 is 1.38 bits per heavy atom. The van der Waals surface area contributed by atoms with Crippen molar-refractivity contribution in [1.82, 2.24) is 15.6 Å². The van der Waals surface area contributed by atoms with Crippen molar-refractivity contribution in [2.45, 2.75) is 46.3 Å². The van der Waals surface area contributed by atoms with E-state index in [4.69, 9.17) is 4.74 Å². The van der Waals surface area contributed by atoms with Gasteiger partial charge in [-0.3, -0.25) is 0 Å². The Hall–Kier alpha value is -0.410. The van der Waals surface area contributed by atoms with Gasteiger partial charge in [-0.15, -0.1) is 35.3 Å². The van der Waals surface area contributed by atoms with Crippen molar-refractivity contribution in [3.05, 3.63) is 16.1 Å². The SMILES string of the molecule is CCNC(=NCc1csc(CC)n1)NCC(C)(C)OC.I. The van der Waals surface area contributed by atoms with E-state index in [0.29, 0.717) is 13.1 Å². The first kappa shape index (κ1) is 20.6. The van der Waals surface area contributed by atoms with Crippen molar-refractivity contribution < 1.29 is 4.74 Å². The van der Waals surface area contributed by atoms with E-state index >= 15 is 0 Å². The molecule has 0 saturated heterocycles. The number of aryl methyl sites for hydroxylation is 1.